The summed E-state index contributed by atoms with van der Waals surface area (Å²) in [5, 5.41) is 40.4. The Balaban J connectivity index is 1.39. The van der Waals surface area contributed by atoms with Crippen LogP contribution >= 0.6 is 0 Å². The maximum absolute atomic E-state index is 12.9. The van der Waals surface area contributed by atoms with E-state index < -0.39 is 48.5 Å². The van der Waals surface area contributed by atoms with E-state index in [1.807, 2.05) is 26.8 Å². The molecule has 0 bridgehead atoms. The van der Waals surface area contributed by atoms with Crippen LogP contribution in [0.2, 0.25) is 0 Å². The normalized spacial score (nSPS) is 36.7. The molecule has 10 atom stereocenters. The van der Waals surface area contributed by atoms with Gasteiger partial charge < -0.3 is 49.0 Å². The number of amides is 1. The summed E-state index contributed by atoms with van der Waals surface area (Å²) >= 11 is 0. The maximum Gasteiger partial charge on any atom is 0.410 e. The van der Waals surface area contributed by atoms with Crippen molar-refractivity contribution in [1.29, 1.82) is 0 Å². The lowest BCUT2D eigenvalue weighted by atomic mass is 9.68. The molecule has 4 N–H and O–H groups in total. The fraction of sp³-hybridized carbons (Fsp3) is 0.727. The molecule has 1 aromatic carbocycles. The quantitative estimate of drug-likeness (QED) is 0.349. The summed E-state index contributed by atoms with van der Waals surface area (Å²) in [6.07, 6.45) is -2.07. The van der Waals surface area contributed by atoms with Gasteiger partial charge in [-0.25, -0.2) is 4.79 Å². The number of carbonyl (C=O) groups excluding carboxylic acids is 1. The molecule has 0 aromatic heterocycles. The third kappa shape index (κ3) is 6.88. The molecule has 0 spiro atoms. The van der Waals surface area contributed by atoms with E-state index in [4.69, 9.17) is 23.7 Å². The number of likely N-dealkylation sites (tertiary alicyclic amines) is 1. The predicted molar refractivity (Wildman–Crippen MR) is 160 cm³/mol. The van der Waals surface area contributed by atoms with Crippen LogP contribution in [0, 0.1) is 11.8 Å². The lowest BCUT2D eigenvalue weighted by molar-refractivity contribution is -0.277. The number of fused-ring (bicyclic) bond motifs is 4. The van der Waals surface area contributed by atoms with Gasteiger partial charge in [-0.05, 0) is 79.4 Å². The molecule has 44 heavy (non-hydrogen) atoms. The van der Waals surface area contributed by atoms with E-state index in [2.05, 4.69) is 26.8 Å². The fourth-order valence-corrected chi connectivity index (χ4v) is 6.92. The number of carbonyl (C=O) groups is 1. The van der Waals surface area contributed by atoms with E-state index in [1.54, 1.807) is 17.0 Å². The molecule has 11 nitrogen and oxygen atoms in total. The van der Waals surface area contributed by atoms with E-state index in [1.165, 1.54) is 5.57 Å². The van der Waals surface area contributed by atoms with Gasteiger partial charge in [0, 0.05) is 36.6 Å². The van der Waals surface area contributed by atoms with Crippen LogP contribution in [0.5, 0.6) is 11.5 Å². The molecule has 5 rings (SSSR count). The molecule has 4 aliphatic rings. The zero-order valence-corrected chi connectivity index (χ0v) is 26.6. The third-order valence-electron chi connectivity index (χ3n) is 9.27. The molecular weight excluding hydrogens is 570 g/mol. The minimum atomic E-state index is -1.54. The Morgan fingerprint density at radius 3 is 2.57 bits per heavy atom. The minimum Gasteiger partial charge on any atom is -0.487 e. The zero-order valence-electron chi connectivity index (χ0n) is 26.6. The van der Waals surface area contributed by atoms with E-state index in [-0.39, 0.29) is 30.1 Å². The Kier molecular flexibility index (Phi) is 9.57. The van der Waals surface area contributed by atoms with Crippen molar-refractivity contribution in [2.24, 2.45) is 11.8 Å². The number of benzene rings is 1. The predicted octanol–water partition coefficient (Wildman–Crippen LogP) is 3.47. The van der Waals surface area contributed by atoms with Crippen molar-refractivity contribution >= 4 is 6.09 Å². The zero-order chi connectivity index (χ0) is 32.0. The van der Waals surface area contributed by atoms with Crippen molar-refractivity contribution in [3.63, 3.8) is 0 Å². The van der Waals surface area contributed by atoms with Crippen LogP contribution in [-0.4, -0.2) is 99.1 Å². The largest absolute Gasteiger partial charge is 0.487 e. The van der Waals surface area contributed by atoms with Crippen molar-refractivity contribution in [1.82, 2.24) is 4.90 Å². The Morgan fingerprint density at radius 2 is 1.89 bits per heavy atom. The lowest BCUT2D eigenvalue weighted by Gasteiger charge is -2.54. The molecule has 1 aromatic rings. The fourth-order valence-electron chi connectivity index (χ4n) is 6.92. The first-order chi connectivity index (χ1) is 20.7. The van der Waals surface area contributed by atoms with Gasteiger partial charge in [0.05, 0.1) is 18.8 Å². The second-order valence-corrected chi connectivity index (χ2v) is 14.2. The van der Waals surface area contributed by atoms with E-state index in [9.17, 15) is 25.2 Å². The van der Waals surface area contributed by atoms with Crippen LogP contribution in [0.15, 0.2) is 29.8 Å². The maximum atomic E-state index is 12.9. The van der Waals surface area contributed by atoms with Crippen molar-refractivity contribution in [3.8, 4) is 11.5 Å². The van der Waals surface area contributed by atoms with Gasteiger partial charge in [-0.3, -0.25) is 0 Å². The molecule has 3 fully saturated rings. The minimum absolute atomic E-state index is 0.00652. The standard InChI is InChI=1S/C33H49NO10/c1-18(2)8-7-12-33(6)22-14-19-16-34(31(39)44-32(3,4)5)13-11-23(19)41-29(22)21-10-9-20(15-24(21)43-33)40-30-28(38)27(37)26(36)25(17-35)42-30/h8-10,15,19,22-23,25-30,35-38H,7,11-14,16-17H2,1-6H3/t19-,22-,23-,25+,26+,27-,28+,29+,30+,33+/m0/s1. The second-order valence-electron chi connectivity index (χ2n) is 14.2. The number of aliphatic hydroxyl groups is 4. The van der Waals surface area contributed by atoms with Gasteiger partial charge in [-0.15, -0.1) is 0 Å². The summed E-state index contributed by atoms with van der Waals surface area (Å²) in [4.78, 5) is 14.7. The highest BCUT2D eigenvalue weighted by Gasteiger charge is 2.53. The first kappa shape index (κ1) is 33.0. The first-order valence-corrected chi connectivity index (χ1v) is 15.8. The average Bonchev–Trinajstić information content (AvgIpc) is 2.95. The number of allylic oxidation sites excluding steroid dienone is 2. The van der Waals surface area contributed by atoms with E-state index >= 15 is 0 Å². The van der Waals surface area contributed by atoms with Crippen molar-refractivity contribution < 1.29 is 48.9 Å². The first-order valence-electron chi connectivity index (χ1n) is 15.8. The van der Waals surface area contributed by atoms with Crippen molar-refractivity contribution in [3.05, 3.63) is 35.4 Å². The number of nitrogens with zero attached hydrogens (tertiary/aromatic N) is 1. The molecule has 246 valence electrons. The highest BCUT2D eigenvalue weighted by Crippen LogP contribution is 2.55. The van der Waals surface area contributed by atoms with Gasteiger partial charge in [0.25, 0.3) is 0 Å². The molecule has 0 unspecified atom stereocenters. The summed E-state index contributed by atoms with van der Waals surface area (Å²) in [7, 11) is 0. The number of hydrogen-bond acceptors (Lipinski definition) is 10. The van der Waals surface area contributed by atoms with Gasteiger partial charge in [-0.1, -0.05) is 11.6 Å². The van der Waals surface area contributed by atoms with Crippen molar-refractivity contribution in [2.75, 3.05) is 19.7 Å². The molecule has 0 radical (unpaired) electrons. The van der Waals surface area contributed by atoms with Crippen LogP contribution in [0.4, 0.5) is 4.79 Å². The van der Waals surface area contributed by atoms with E-state index in [0.717, 1.165) is 31.2 Å². The molecule has 1 amide bonds. The number of rotatable bonds is 6. The van der Waals surface area contributed by atoms with Crippen LogP contribution in [0.1, 0.15) is 78.9 Å². The van der Waals surface area contributed by atoms with Crippen LogP contribution in [0.25, 0.3) is 0 Å². The lowest BCUT2D eigenvalue weighted by Crippen LogP contribution is -2.60. The number of hydrogen-bond donors (Lipinski definition) is 4. The molecule has 4 aliphatic heterocycles. The van der Waals surface area contributed by atoms with Crippen LogP contribution < -0.4 is 9.47 Å². The highest BCUT2D eigenvalue weighted by atomic mass is 16.7. The molecule has 3 saturated heterocycles. The second kappa shape index (κ2) is 12.8. The van der Waals surface area contributed by atoms with E-state index in [0.29, 0.717) is 24.6 Å². The van der Waals surface area contributed by atoms with Crippen LogP contribution in [-0.2, 0) is 14.2 Å². The van der Waals surface area contributed by atoms with Gasteiger partial charge in [0.15, 0.2) is 0 Å². The summed E-state index contributed by atoms with van der Waals surface area (Å²) in [5.41, 5.74) is 1.00. The molecule has 0 saturated carbocycles. The van der Waals surface area contributed by atoms with Crippen LogP contribution in [0.3, 0.4) is 0 Å². The molecule has 11 heteroatoms. The smallest absolute Gasteiger partial charge is 0.410 e. The van der Waals surface area contributed by atoms with Gasteiger partial charge in [0.2, 0.25) is 6.29 Å². The number of ether oxygens (including phenoxy) is 5. The molecule has 4 heterocycles. The monoisotopic (exact) mass is 619 g/mol. The topological polar surface area (TPSA) is 147 Å². The Labute approximate surface area is 259 Å². The summed E-state index contributed by atoms with van der Waals surface area (Å²) < 4.78 is 30.8. The molecule has 0 aliphatic carbocycles. The Bertz CT molecular complexity index is 1210. The molecular formula is C33H49NO10. The van der Waals surface area contributed by atoms with Gasteiger partial charge in [0.1, 0.15) is 47.1 Å². The Morgan fingerprint density at radius 1 is 1.14 bits per heavy atom. The van der Waals surface area contributed by atoms with Crippen molar-refractivity contribution in [2.45, 2.75) is 121 Å². The summed E-state index contributed by atoms with van der Waals surface area (Å²) in [5.74, 6) is 1.15. The van der Waals surface area contributed by atoms with Gasteiger partial charge in [-0.2, -0.15) is 0 Å². The Hall–Kier alpha value is -2.41. The third-order valence-corrected chi connectivity index (χ3v) is 9.27. The highest BCUT2D eigenvalue weighted by molar-refractivity contribution is 5.68. The SMILES string of the molecule is CC(C)=CCC[C@@]1(C)Oc2cc(O[C@@H]3O[C@H](CO)[C@@H](O)[C@H](O)[C@H]3O)ccc2[C@H]2O[C@H]3CCN(C(=O)OC(C)(C)C)C[C@@H]3C[C@@H]21. The summed E-state index contributed by atoms with van der Waals surface area (Å²) in [6, 6.07) is 5.39. The summed E-state index contributed by atoms with van der Waals surface area (Å²) in [6.45, 7) is 12.5. The number of aliphatic hydroxyl groups excluding tert-OH is 4. The average molecular weight is 620 g/mol. The number of piperidine rings is 1. The van der Waals surface area contributed by atoms with Gasteiger partial charge >= 0.3 is 6.09 Å².